The van der Waals surface area contributed by atoms with Crippen LogP contribution in [0.3, 0.4) is 0 Å². The molecule has 0 spiro atoms. The Balaban J connectivity index is 0.00000242. The van der Waals surface area contributed by atoms with Gasteiger partial charge in [0.05, 0.1) is 13.2 Å². The summed E-state index contributed by atoms with van der Waals surface area (Å²) in [5.74, 6) is 0.663. The van der Waals surface area contributed by atoms with E-state index in [9.17, 15) is 0 Å². The lowest BCUT2D eigenvalue weighted by Gasteiger charge is -2.11. The normalized spacial score (nSPS) is 10.7. The molecule has 118 valence electrons. The van der Waals surface area contributed by atoms with Crippen LogP contribution in [0.4, 0.5) is 5.69 Å². The first-order valence-electron chi connectivity index (χ1n) is 7.05. The van der Waals surface area contributed by atoms with Crippen molar-refractivity contribution in [3.8, 4) is 0 Å². The average molecular weight is 411 g/mol. The van der Waals surface area contributed by atoms with Crippen molar-refractivity contribution < 1.29 is 5.11 Å². The van der Waals surface area contributed by atoms with Crippen LogP contribution < -0.4 is 10.6 Å². The van der Waals surface area contributed by atoms with Gasteiger partial charge in [-0.2, -0.15) is 0 Å². The highest BCUT2D eigenvalue weighted by Gasteiger charge is 1.99. The summed E-state index contributed by atoms with van der Waals surface area (Å²) in [6, 6.07) is 18.2. The Morgan fingerprint density at radius 2 is 1.73 bits per heavy atom. The third-order valence-electron chi connectivity index (χ3n) is 2.98. The number of hydrogen-bond acceptors (Lipinski definition) is 2. The standard InChI is InChI=1S/C17H21N3O.HI/c1-14-7-9-15(10-8-14)13-19-17(18-11-12-21)20-16-5-3-2-4-6-16;/h2-10,21H,11-13H2,1H3,(H2,18,19,20);1H. The summed E-state index contributed by atoms with van der Waals surface area (Å²) in [7, 11) is 0. The van der Waals surface area contributed by atoms with E-state index in [1.54, 1.807) is 0 Å². The second-order valence-electron chi connectivity index (χ2n) is 4.79. The highest BCUT2D eigenvalue weighted by Crippen LogP contribution is 2.07. The summed E-state index contributed by atoms with van der Waals surface area (Å²) in [6.07, 6.45) is 0. The average Bonchev–Trinajstić information content (AvgIpc) is 2.52. The summed E-state index contributed by atoms with van der Waals surface area (Å²) in [6.45, 7) is 3.19. The number of nitrogens with zero attached hydrogens (tertiary/aromatic N) is 1. The van der Waals surface area contributed by atoms with E-state index >= 15 is 0 Å². The van der Waals surface area contributed by atoms with Gasteiger partial charge in [0, 0.05) is 12.2 Å². The minimum absolute atomic E-state index is 0. The van der Waals surface area contributed by atoms with Gasteiger partial charge < -0.3 is 15.7 Å². The second kappa shape index (κ2) is 10.2. The molecule has 0 heterocycles. The summed E-state index contributed by atoms with van der Waals surface area (Å²) in [4.78, 5) is 4.54. The molecule has 0 saturated heterocycles. The molecule has 4 nitrogen and oxygen atoms in total. The van der Waals surface area contributed by atoms with Crippen LogP contribution in [0, 0.1) is 6.92 Å². The maximum atomic E-state index is 8.95. The second-order valence-corrected chi connectivity index (χ2v) is 4.79. The number of rotatable bonds is 5. The van der Waals surface area contributed by atoms with E-state index in [0.717, 1.165) is 11.3 Å². The van der Waals surface area contributed by atoms with E-state index in [4.69, 9.17) is 5.11 Å². The van der Waals surface area contributed by atoms with Gasteiger partial charge in [0.25, 0.3) is 0 Å². The number of nitrogens with one attached hydrogen (secondary N) is 2. The van der Waals surface area contributed by atoms with E-state index in [2.05, 4.69) is 46.8 Å². The Hall–Kier alpha value is -1.60. The number of aliphatic hydroxyl groups excluding tert-OH is 1. The fraction of sp³-hybridized carbons (Fsp3) is 0.235. The van der Waals surface area contributed by atoms with Gasteiger partial charge >= 0.3 is 0 Å². The SMILES string of the molecule is Cc1ccc(CN=C(NCCO)Nc2ccccc2)cc1.I. The lowest BCUT2D eigenvalue weighted by atomic mass is 10.1. The van der Waals surface area contributed by atoms with Crippen LogP contribution in [0.25, 0.3) is 0 Å². The summed E-state index contributed by atoms with van der Waals surface area (Å²) in [5, 5.41) is 15.3. The van der Waals surface area contributed by atoms with Gasteiger partial charge in [-0.3, -0.25) is 0 Å². The van der Waals surface area contributed by atoms with Crippen molar-refractivity contribution in [2.24, 2.45) is 4.99 Å². The van der Waals surface area contributed by atoms with Gasteiger partial charge in [0.1, 0.15) is 0 Å². The fourth-order valence-corrected chi connectivity index (χ4v) is 1.84. The van der Waals surface area contributed by atoms with Gasteiger partial charge in [-0.25, -0.2) is 4.99 Å². The topological polar surface area (TPSA) is 56.7 Å². The minimum atomic E-state index is 0. The molecule has 22 heavy (non-hydrogen) atoms. The molecule has 3 N–H and O–H groups in total. The molecule has 0 bridgehead atoms. The summed E-state index contributed by atoms with van der Waals surface area (Å²) < 4.78 is 0. The van der Waals surface area contributed by atoms with Gasteiger partial charge in [-0.1, -0.05) is 48.0 Å². The van der Waals surface area contributed by atoms with Crippen molar-refractivity contribution in [2.45, 2.75) is 13.5 Å². The first-order valence-corrected chi connectivity index (χ1v) is 7.05. The molecule has 0 unspecified atom stereocenters. The Morgan fingerprint density at radius 3 is 2.36 bits per heavy atom. The molecule has 0 saturated carbocycles. The number of para-hydroxylation sites is 1. The van der Waals surface area contributed by atoms with Crippen molar-refractivity contribution in [3.05, 3.63) is 65.7 Å². The van der Waals surface area contributed by atoms with Crippen LogP contribution in [0.15, 0.2) is 59.6 Å². The zero-order chi connectivity index (χ0) is 14.9. The van der Waals surface area contributed by atoms with Crippen molar-refractivity contribution in [2.75, 3.05) is 18.5 Å². The summed E-state index contributed by atoms with van der Waals surface area (Å²) in [5.41, 5.74) is 3.35. The molecule has 0 amide bonds. The molecule has 0 fully saturated rings. The molecule has 0 aliphatic heterocycles. The molecule has 2 aromatic carbocycles. The minimum Gasteiger partial charge on any atom is -0.395 e. The Kier molecular flexibility index (Phi) is 8.54. The fourth-order valence-electron chi connectivity index (χ4n) is 1.84. The van der Waals surface area contributed by atoms with Gasteiger partial charge in [-0.05, 0) is 24.6 Å². The molecular formula is C17H22IN3O. The largest absolute Gasteiger partial charge is 0.395 e. The molecule has 0 aliphatic carbocycles. The molecule has 0 atom stereocenters. The lowest BCUT2D eigenvalue weighted by Crippen LogP contribution is -2.33. The Bertz CT molecular complexity index is 570. The molecule has 0 radical (unpaired) electrons. The number of guanidine groups is 1. The van der Waals surface area contributed by atoms with E-state index in [1.807, 2.05) is 30.3 Å². The highest BCUT2D eigenvalue weighted by molar-refractivity contribution is 14.0. The van der Waals surface area contributed by atoms with Crippen molar-refractivity contribution >= 4 is 35.6 Å². The van der Waals surface area contributed by atoms with Gasteiger partial charge in [0.2, 0.25) is 0 Å². The van der Waals surface area contributed by atoms with E-state index in [-0.39, 0.29) is 30.6 Å². The third-order valence-corrected chi connectivity index (χ3v) is 2.98. The van der Waals surface area contributed by atoms with Crippen LogP contribution in [-0.4, -0.2) is 24.2 Å². The highest BCUT2D eigenvalue weighted by atomic mass is 127. The van der Waals surface area contributed by atoms with Crippen LogP contribution >= 0.6 is 24.0 Å². The molecule has 2 aromatic rings. The predicted octanol–water partition coefficient (Wildman–Crippen LogP) is 3.16. The van der Waals surface area contributed by atoms with Crippen LogP contribution in [0.5, 0.6) is 0 Å². The monoisotopic (exact) mass is 411 g/mol. The lowest BCUT2D eigenvalue weighted by molar-refractivity contribution is 0.300. The van der Waals surface area contributed by atoms with Gasteiger partial charge in [-0.15, -0.1) is 24.0 Å². The number of halogens is 1. The number of hydrogen-bond donors (Lipinski definition) is 3. The molecule has 5 heteroatoms. The Morgan fingerprint density at radius 1 is 1.05 bits per heavy atom. The molecule has 2 rings (SSSR count). The van der Waals surface area contributed by atoms with Crippen LogP contribution in [0.1, 0.15) is 11.1 Å². The molecular weight excluding hydrogens is 389 g/mol. The Labute approximate surface area is 148 Å². The molecule has 0 aromatic heterocycles. The maximum Gasteiger partial charge on any atom is 0.196 e. The first kappa shape index (κ1) is 18.4. The third kappa shape index (κ3) is 6.44. The smallest absolute Gasteiger partial charge is 0.196 e. The maximum absolute atomic E-state index is 8.95. The van der Waals surface area contributed by atoms with Gasteiger partial charge in [0.15, 0.2) is 5.96 Å². The van der Waals surface area contributed by atoms with Crippen molar-refractivity contribution in [1.29, 1.82) is 0 Å². The number of aryl methyl sites for hydroxylation is 1. The van der Waals surface area contributed by atoms with Crippen molar-refractivity contribution in [3.63, 3.8) is 0 Å². The van der Waals surface area contributed by atoms with E-state index in [1.165, 1.54) is 5.56 Å². The van der Waals surface area contributed by atoms with E-state index < -0.39 is 0 Å². The van der Waals surface area contributed by atoms with Crippen LogP contribution in [-0.2, 0) is 6.54 Å². The predicted molar refractivity (Wildman–Crippen MR) is 103 cm³/mol. The van der Waals surface area contributed by atoms with E-state index in [0.29, 0.717) is 19.0 Å². The van der Waals surface area contributed by atoms with Crippen molar-refractivity contribution in [1.82, 2.24) is 5.32 Å². The molecule has 0 aliphatic rings. The number of benzene rings is 2. The zero-order valence-electron chi connectivity index (χ0n) is 12.6. The number of aliphatic imine (C=N–C) groups is 1. The quantitative estimate of drug-likeness (QED) is 0.403. The van der Waals surface area contributed by atoms with Crippen LogP contribution in [0.2, 0.25) is 0 Å². The number of aliphatic hydroxyl groups is 1. The zero-order valence-corrected chi connectivity index (χ0v) is 15.0. The summed E-state index contributed by atoms with van der Waals surface area (Å²) >= 11 is 0. The first-order chi connectivity index (χ1) is 10.3. The number of anilines is 1.